The van der Waals surface area contributed by atoms with Crippen LogP contribution < -0.4 is 0 Å². The monoisotopic (exact) mass is 210 g/mol. The van der Waals surface area contributed by atoms with Gasteiger partial charge in [-0.05, 0) is 4.86 Å². The lowest BCUT2D eigenvalue weighted by atomic mass is 10.0. The van der Waals surface area contributed by atoms with Crippen LogP contribution in [-0.2, 0) is 4.79 Å². The molecule has 0 spiro atoms. The Balaban J connectivity index is 2.96. The summed E-state index contributed by atoms with van der Waals surface area (Å²) in [7, 11) is 0. The largest absolute Gasteiger partial charge is 0.597 e. The minimum atomic E-state index is -1.13. The van der Waals surface area contributed by atoms with E-state index >= 15 is 0 Å². The highest BCUT2D eigenvalue weighted by Gasteiger charge is 2.24. The Morgan fingerprint density at radius 1 is 1.47 bits per heavy atom. The number of hydrogen-bond acceptors (Lipinski definition) is 3. The molecule has 1 atom stereocenters. The predicted octanol–water partition coefficient (Wildman–Crippen LogP) is 1.55. The van der Waals surface area contributed by atoms with Crippen molar-refractivity contribution in [1.82, 2.24) is 0 Å². The summed E-state index contributed by atoms with van der Waals surface area (Å²) in [6, 6.07) is 7.29. The maximum Gasteiger partial charge on any atom is 0.310 e. The Kier molecular flexibility index (Phi) is 3.61. The van der Waals surface area contributed by atoms with Crippen LogP contribution in [0.1, 0.15) is 18.0 Å². The molecule has 0 saturated heterocycles. The summed E-state index contributed by atoms with van der Waals surface area (Å²) >= 11 is 0. The summed E-state index contributed by atoms with van der Waals surface area (Å²) in [5.41, 5.74) is 0.493. The van der Waals surface area contributed by atoms with Gasteiger partial charge in [-0.2, -0.15) is 0 Å². The van der Waals surface area contributed by atoms with Gasteiger partial charge in [0, 0.05) is 5.56 Å². The molecule has 0 bridgehead atoms. The average Bonchev–Trinajstić information content (AvgIpc) is 2.26. The van der Waals surface area contributed by atoms with Crippen molar-refractivity contribution in [3.8, 4) is 0 Å². The van der Waals surface area contributed by atoms with E-state index in [2.05, 4.69) is 5.28 Å². The Hall–Kier alpha value is -2.11. The van der Waals surface area contributed by atoms with E-state index in [4.69, 9.17) is 10.3 Å². The van der Waals surface area contributed by atoms with Crippen molar-refractivity contribution in [3.05, 3.63) is 41.1 Å². The summed E-state index contributed by atoms with van der Waals surface area (Å²) in [6.45, 7) is 0. The SMILES string of the molecule is O=C(O)CC(c1ccccc1)/[N+]([O-])=N/O. The first kappa shape index (κ1) is 11.0. The molecule has 6 heteroatoms. The number of benzene rings is 1. The van der Waals surface area contributed by atoms with Crippen LogP contribution in [0.2, 0.25) is 0 Å². The van der Waals surface area contributed by atoms with Crippen molar-refractivity contribution in [2.75, 3.05) is 0 Å². The number of carboxylic acids is 1. The van der Waals surface area contributed by atoms with Crippen LogP contribution in [0.5, 0.6) is 0 Å². The van der Waals surface area contributed by atoms with Gasteiger partial charge in [0.2, 0.25) is 6.04 Å². The molecule has 0 radical (unpaired) electrons. The maximum atomic E-state index is 11.1. The van der Waals surface area contributed by atoms with Crippen molar-refractivity contribution < 1.29 is 20.0 Å². The van der Waals surface area contributed by atoms with E-state index in [1.807, 2.05) is 0 Å². The summed E-state index contributed by atoms with van der Waals surface area (Å²) in [5.74, 6) is -1.13. The van der Waals surface area contributed by atoms with Gasteiger partial charge in [-0.15, -0.1) is 0 Å². The molecule has 0 fully saturated rings. The fourth-order valence-electron chi connectivity index (χ4n) is 1.23. The molecule has 0 aliphatic carbocycles. The first-order valence-corrected chi connectivity index (χ1v) is 4.23. The number of carboxylic acid groups (broad SMARTS) is 1. The third kappa shape index (κ3) is 2.94. The maximum absolute atomic E-state index is 11.1. The molecular weight excluding hydrogens is 200 g/mol. The van der Waals surface area contributed by atoms with E-state index < -0.39 is 18.4 Å². The number of aliphatic carboxylic acids is 1. The first-order chi connectivity index (χ1) is 7.15. The highest BCUT2D eigenvalue weighted by atomic mass is 16.6. The van der Waals surface area contributed by atoms with Gasteiger partial charge < -0.3 is 15.5 Å². The van der Waals surface area contributed by atoms with Crippen LogP contribution in [-0.4, -0.2) is 21.1 Å². The molecule has 0 aromatic heterocycles. The van der Waals surface area contributed by atoms with E-state index in [9.17, 15) is 10.0 Å². The number of carbonyl (C=O) groups is 1. The standard InChI is InChI=1S/C9H10N2O4/c12-9(13)6-8(11(15)10-14)7-4-2-1-3-5-7/h1-5,8,14H,6H2,(H,12,13)/b11-10-. The molecule has 1 aromatic rings. The van der Waals surface area contributed by atoms with Gasteiger partial charge in [-0.25, -0.2) is 0 Å². The Morgan fingerprint density at radius 2 is 2.07 bits per heavy atom. The molecule has 0 aliphatic heterocycles. The lowest BCUT2D eigenvalue weighted by Gasteiger charge is -2.10. The zero-order valence-electron chi connectivity index (χ0n) is 7.78. The second-order valence-electron chi connectivity index (χ2n) is 2.92. The third-order valence-corrected chi connectivity index (χ3v) is 1.91. The zero-order valence-corrected chi connectivity index (χ0v) is 7.78. The molecule has 0 saturated carbocycles. The fraction of sp³-hybridized carbons (Fsp3) is 0.222. The van der Waals surface area contributed by atoms with Gasteiger partial charge in [-0.1, -0.05) is 30.3 Å². The minimum absolute atomic E-state index is 0.0244. The topological polar surface area (TPSA) is 96.0 Å². The normalized spacial score (nSPS) is 13.5. The van der Waals surface area contributed by atoms with Crippen LogP contribution in [0, 0.1) is 5.21 Å². The smallest absolute Gasteiger partial charge is 0.310 e. The highest BCUT2D eigenvalue weighted by molar-refractivity contribution is 5.67. The quantitative estimate of drug-likeness (QED) is 0.447. The van der Waals surface area contributed by atoms with Gasteiger partial charge in [0.25, 0.3) is 0 Å². The molecule has 80 valence electrons. The number of rotatable bonds is 4. The van der Waals surface area contributed by atoms with Gasteiger partial charge in [0.15, 0.2) is 5.28 Å². The Bertz CT molecular complexity index is 364. The van der Waals surface area contributed by atoms with Crippen LogP contribution in [0.3, 0.4) is 0 Å². The first-order valence-electron chi connectivity index (χ1n) is 4.23. The second kappa shape index (κ2) is 4.94. The van der Waals surface area contributed by atoms with Gasteiger partial charge >= 0.3 is 5.97 Å². The van der Waals surface area contributed by atoms with Crippen LogP contribution in [0.4, 0.5) is 0 Å². The van der Waals surface area contributed by atoms with Crippen molar-refractivity contribution in [2.24, 2.45) is 5.28 Å². The summed E-state index contributed by atoms with van der Waals surface area (Å²) in [6.07, 6.45) is -0.419. The van der Waals surface area contributed by atoms with Crippen molar-refractivity contribution in [1.29, 1.82) is 0 Å². The van der Waals surface area contributed by atoms with E-state index in [1.54, 1.807) is 30.3 Å². The Morgan fingerprint density at radius 3 is 2.53 bits per heavy atom. The summed E-state index contributed by atoms with van der Waals surface area (Å²) in [4.78, 5) is 10.5. The van der Waals surface area contributed by atoms with E-state index in [1.165, 1.54) is 0 Å². The highest BCUT2D eigenvalue weighted by Crippen LogP contribution is 2.20. The second-order valence-corrected chi connectivity index (χ2v) is 2.92. The molecule has 1 unspecified atom stereocenters. The number of hydrogen-bond donors (Lipinski definition) is 2. The van der Waals surface area contributed by atoms with Crippen molar-refractivity contribution >= 4 is 5.97 Å². The number of nitrogens with zero attached hydrogens (tertiary/aromatic N) is 2. The van der Waals surface area contributed by atoms with Crippen molar-refractivity contribution in [3.63, 3.8) is 0 Å². The van der Waals surface area contributed by atoms with Gasteiger partial charge in [0.1, 0.15) is 6.42 Å². The molecule has 0 amide bonds. The predicted molar refractivity (Wildman–Crippen MR) is 49.3 cm³/mol. The number of hydroxylamine groups is 1. The van der Waals surface area contributed by atoms with Gasteiger partial charge in [0.05, 0.1) is 0 Å². The summed E-state index contributed by atoms with van der Waals surface area (Å²) in [5, 5.41) is 30.4. The molecule has 6 nitrogen and oxygen atoms in total. The Labute approximate surface area is 85.6 Å². The van der Waals surface area contributed by atoms with Crippen molar-refractivity contribution in [2.45, 2.75) is 12.5 Å². The molecule has 2 N–H and O–H groups in total. The molecule has 15 heavy (non-hydrogen) atoms. The van der Waals surface area contributed by atoms with Crippen LogP contribution in [0.15, 0.2) is 35.6 Å². The van der Waals surface area contributed by atoms with Crippen LogP contribution in [0.25, 0.3) is 0 Å². The molecule has 1 rings (SSSR count). The van der Waals surface area contributed by atoms with E-state index in [-0.39, 0.29) is 4.86 Å². The molecule has 0 aliphatic rings. The fourth-order valence-corrected chi connectivity index (χ4v) is 1.23. The zero-order chi connectivity index (χ0) is 11.3. The third-order valence-electron chi connectivity index (χ3n) is 1.91. The van der Waals surface area contributed by atoms with Gasteiger partial charge in [-0.3, -0.25) is 4.79 Å². The summed E-state index contributed by atoms with van der Waals surface area (Å²) < 4.78 is 0. The molecule has 1 aromatic carbocycles. The molecule has 0 heterocycles. The lowest BCUT2D eigenvalue weighted by molar-refractivity contribution is -0.597. The molecular formula is C9H10N2O4. The average molecular weight is 210 g/mol. The van der Waals surface area contributed by atoms with Crippen LogP contribution >= 0.6 is 0 Å². The lowest BCUT2D eigenvalue weighted by Crippen LogP contribution is -2.15. The van der Waals surface area contributed by atoms with E-state index in [0.29, 0.717) is 5.56 Å². The van der Waals surface area contributed by atoms with E-state index in [0.717, 1.165) is 0 Å². The minimum Gasteiger partial charge on any atom is -0.597 e.